The molecule has 0 unspecified atom stereocenters. The predicted molar refractivity (Wildman–Crippen MR) is 101 cm³/mol. The van der Waals surface area contributed by atoms with Crippen molar-refractivity contribution in [3.8, 4) is 0 Å². The van der Waals surface area contributed by atoms with Gasteiger partial charge in [0.2, 0.25) is 5.91 Å². The molecule has 1 amide bonds. The molecule has 152 valence electrons. The summed E-state index contributed by atoms with van der Waals surface area (Å²) in [6.45, 7) is 0.999. The Morgan fingerprint density at radius 1 is 0.966 bits per heavy atom. The van der Waals surface area contributed by atoms with Crippen molar-refractivity contribution in [2.24, 2.45) is 0 Å². The van der Waals surface area contributed by atoms with Gasteiger partial charge < -0.3 is 24.6 Å². The fraction of sp³-hybridized carbons (Fsp3) is 0.286. The maximum Gasteiger partial charge on any atom is 0.338 e. The van der Waals surface area contributed by atoms with Gasteiger partial charge in [-0.2, -0.15) is 0 Å². The Morgan fingerprint density at radius 2 is 1.52 bits per heavy atom. The molecule has 0 aliphatic carbocycles. The van der Waals surface area contributed by atoms with E-state index in [1.165, 1.54) is 6.92 Å². The van der Waals surface area contributed by atoms with Gasteiger partial charge in [0, 0.05) is 6.92 Å². The van der Waals surface area contributed by atoms with Crippen LogP contribution in [0.15, 0.2) is 60.7 Å². The van der Waals surface area contributed by atoms with E-state index in [4.69, 9.17) is 14.2 Å². The summed E-state index contributed by atoms with van der Waals surface area (Å²) in [6.07, 6.45) is -3.43. The van der Waals surface area contributed by atoms with Gasteiger partial charge in [0.1, 0.15) is 18.8 Å². The minimum Gasteiger partial charge on any atom is -0.459 e. The van der Waals surface area contributed by atoms with Crippen LogP contribution in [-0.4, -0.2) is 54.1 Å². The Kier molecular flexibility index (Phi) is 6.58. The smallest absolute Gasteiger partial charge is 0.338 e. The van der Waals surface area contributed by atoms with Crippen LogP contribution in [0.2, 0.25) is 0 Å². The second kappa shape index (κ2) is 9.31. The Morgan fingerprint density at radius 3 is 2.07 bits per heavy atom. The molecule has 1 saturated heterocycles. The molecule has 2 N–H and O–H groups in total. The van der Waals surface area contributed by atoms with E-state index in [1.807, 2.05) is 0 Å². The van der Waals surface area contributed by atoms with Gasteiger partial charge in [-0.15, -0.1) is 0 Å². The van der Waals surface area contributed by atoms with E-state index in [2.05, 4.69) is 5.32 Å². The lowest BCUT2D eigenvalue weighted by Gasteiger charge is -2.23. The standard InChI is InChI=1S/C21H21NO7/c1-13(23)22-17-18(29-20(25)15-10-6-3-7-11-15)16(28-21(17)26)12-27-19(24)14-8-4-2-5-9-14/h2-11,16-18,21,26H,12H2,1H3,(H,22,23)/t16-,17-,18+,21-/m0/s1. The highest BCUT2D eigenvalue weighted by molar-refractivity contribution is 5.90. The summed E-state index contributed by atoms with van der Waals surface area (Å²) in [4.78, 5) is 36.1. The average molecular weight is 399 g/mol. The summed E-state index contributed by atoms with van der Waals surface area (Å²) in [5.41, 5.74) is 0.651. The van der Waals surface area contributed by atoms with Crippen LogP contribution in [0, 0.1) is 0 Å². The van der Waals surface area contributed by atoms with Gasteiger partial charge in [-0.25, -0.2) is 9.59 Å². The molecule has 29 heavy (non-hydrogen) atoms. The minimum atomic E-state index is -1.42. The van der Waals surface area contributed by atoms with Crippen molar-refractivity contribution in [1.82, 2.24) is 5.32 Å². The Hall–Kier alpha value is -3.23. The number of hydrogen-bond donors (Lipinski definition) is 2. The van der Waals surface area contributed by atoms with Crippen molar-refractivity contribution in [2.75, 3.05) is 6.61 Å². The Balaban J connectivity index is 1.72. The van der Waals surface area contributed by atoms with Gasteiger partial charge >= 0.3 is 11.9 Å². The van der Waals surface area contributed by atoms with E-state index in [0.29, 0.717) is 11.1 Å². The van der Waals surface area contributed by atoms with E-state index in [1.54, 1.807) is 60.7 Å². The fourth-order valence-corrected chi connectivity index (χ4v) is 2.99. The second-order valence-corrected chi connectivity index (χ2v) is 6.49. The van der Waals surface area contributed by atoms with Crippen molar-refractivity contribution in [3.05, 3.63) is 71.8 Å². The van der Waals surface area contributed by atoms with Gasteiger partial charge in [-0.1, -0.05) is 36.4 Å². The van der Waals surface area contributed by atoms with Crippen molar-refractivity contribution in [1.29, 1.82) is 0 Å². The second-order valence-electron chi connectivity index (χ2n) is 6.49. The first kappa shape index (κ1) is 20.5. The van der Waals surface area contributed by atoms with Crippen LogP contribution < -0.4 is 5.32 Å². The van der Waals surface area contributed by atoms with Crippen LogP contribution in [0.4, 0.5) is 0 Å². The number of aliphatic hydroxyl groups is 1. The summed E-state index contributed by atoms with van der Waals surface area (Å²) in [5.74, 6) is -1.66. The van der Waals surface area contributed by atoms with Crippen molar-refractivity contribution < 1.29 is 33.7 Å². The zero-order valence-electron chi connectivity index (χ0n) is 15.7. The average Bonchev–Trinajstić information content (AvgIpc) is 3.01. The molecule has 3 rings (SSSR count). The summed E-state index contributed by atoms with van der Waals surface area (Å²) in [6, 6.07) is 15.6. The number of hydrogen-bond acceptors (Lipinski definition) is 7. The highest BCUT2D eigenvalue weighted by Gasteiger charge is 2.47. The monoisotopic (exact) mass is 399 g/mol. The minimum absolute atomic E-state index is 0.270. The third-order valence-corrected chi connectivity index (χ3v) is 4.35. The summed E-state index contributed by atoms with van der Waals surface area (Å²) in [7, 11) is 0. The number of nitrogens with one attached hydrogen (secondary N) is 1. The van der Waals surface area contributed by atoms with E-state index in [-0.39, 0.29) is 6.61 Å². The number of carbonyl (C=O) groups is 3. The normalized spacial score (nSPS) is 23.2. The first-order valence-electron chi connectivity index (χ1n) is 9.04. The number of benzene rings is 2. The van der Waals surface area contributed by atoms with Gasteiger partial charge in [-0.05, 0) is 24.3 Å². The van der Waals surface area contributed by atoms with Gasteiger partial charge in [0.05, 0.1) is 11.1 Å². The summed E-state index contributed by atoms with van der Waals surface area (Å²) < 4.78 is 16.2. The topological polar surface area (TPSA) is 111 Å². The summed E-state index contributed by atoms with van der Waals surface area (Å²) >= 11 is 0. The third kappa shape index (κ3) is 5.18. The Bertz CT molecular complexity index is 856. The van der Waals surface area contributed by atoms with Crippen LogP contribution in [0.1, 0.15) is 27.6 Å². The lowest BCUT2D eigenvalue weighted by Crippen LogP contribution is -2.49. The molecule has 2 aromatic rings. The molecule has 8 nitrogen and oxygen atoms in total. The molecule has 0 bridgehead atoms. The number of amides is 1. The lowest BCUT2D eigenvalue weighted by atomic mass is 10.1. The van der Waals surface area contributed by atoms with Crippen LogP contribution in [-0.2, 0) is 19.0 Å². The lowest BCUT2D eigenvalue weighted by molar-refractivity contribution is -0.127. The van der Waals surface area contributed by atoms with Crippen LogP contribution >= 0.6 is 0 Å². The highest BCUT2D eigenvalue weighted by atomic mass is 16.7. The van der Waals surface area contributed by atoms with Crippen molar-refractivity contribution >= 4 is 17.8 Å². The maximum absolute atomic E-state index is 12.5. The summed E-state index contributed by atoms with van der Waals surface area (Å²) in [5, 5.41) is 12.7. The molecule has 1 aliphatic rings. The molecule has 2 aromatic carbocycles. The number of ether oxygens (including phenoxy) is 3. The van der Waals surface area contributed by atoms with E-state index >= 15 is 0 Å². The largest absolute Gasteiger partial charge is 0.459 e. The molecule has 0 radical (unpaired) electrons. The van der Waals surface area contributed by atoms with Gasteiger partial charge in [0.25, 0.3) is 0 Å². The van der Waals surface area contributed by atoms with E-state index in [9.17, 15) is 19.5 Å². The zero-order valence-corrected chi connectivity index (χ0v) is 15.7. The van der Waals surface area contributed by atoms with Gasteiger partial charge in [0.15, 0.2) is 12.4 Å². The molecule has 1 fully saturated rings. The van der Waals surface area contributed by atoms with Crippen LogP contribution in [0.25, 0.3) is 0 Å². The van der Waals surface area contributed by atoms with Crippen molar-refractivity contribution in [2.45, 2.75) is 31.5 Å². The highest BCUT2D eigenvalue weighted by Crippen LogP contribution is 2.25. The molecular formula is C21H21NO7. The Labute approximate surface area is 167 Å². The molecule has 4 atom stereocenters. The van der Waals surface area contributed by atoms with E-state index < -0.39 is 42.4 Å². The molecular weight excluding hydrogens is 378 g/mol. The molecule has 0 spiro atoms. The number of rotatable bonds is 6. The van der Waals surface area contributed by atoms with Gasteiger partial charge in [-0.3, -0.25) is 4.79 Å². The van der Waals surface area contributed by atoms with Crippen LogP contribution in [0.3, 0.4) is 0 Å². The SMILES string of the molecule is CC(=O)N[C@H]1[C@H](OC(=O)c2ccccc2)[C@H](COC(=O)c2ccccc2)O[C@@H]1O. The third-order valence-electron chi connectivity index (χ3n) is 4.35. The maximum atomic E-state index is 12.5. The van der Waals surface area contributed by atoms with Crippen LogP contribution in [0.5, 0.6) is 0 Å². The fourth-order valence-electron chi connectivity index (χ4n) is 2.99. The molecule has 8 heteroatoms. The first-order chi connectivity index (χ1) is 14.0. The zero-order chi connectivity index (χ0) is 20.8. The first-order valence-corrected chi connectivity index (χ1v) is 9.04. The molecule has 0 saturated carbocycles. The number of esters is 2. The van der Waals surface area contributed by atoms with E-state index in [0.717, 1.165) is 0 Å². The quantitative estimate of drug-likeness (QED) is 0.704. The number of aliphatic hydroxyl groups excluding tert-OH is 1. The number of carbonyl (C=O) groups excluding carboxylic acids is 3. The van der Waals surface area contributed by atoms with Crippen molar-refractivity contribution in [3.63, 3.8) is 0 Å². The molecule has 1 heterocycles. The predicted octanol–water partition coefficient (Wildman–Crippen LogP) is 1.29. The molecule has 1 aliphatic heterocycles. The molecule has 0 aromatic heterocycles.